The van der Waals surface area contributed by atoms with Crippen LogP contribution in [0.5, 0.6) is 17.2 Å². The van der Waals surface area contributed by atoms with Gasteiger partial charge in [-0.3, -0.25) is 0 Å². The number of phenolic OH excluding ortho intramolecular Hbond substituents is 3. The van der Waals surface area contributed by atoms with Gasteiger partial charge >= 0.3 is 0 Å². The average molecular weight is 495 g/mol. The van der Waals surface area contributed by atoms with Gasteiger partial charge in [0.25, 0.3) is 0 Å². The Kier molecular flexibility index (Phi) is 13.3. The first-order chi connectivity index (χ1) is 8.13. The van der Waals surface area contributed by atoms with Gasteiger partial charge in [-0.25, -0.2) is 0 Å². The molecule has 2 aromatic rings. The molecule has 0 aromatic heterocycles. The van der Waals surface area contributed by atoms with Gasteiger partial charge in [0.2, 0.25) is 0 Å². The van der Waals surface area contributed by atoms with Gasteiger partial charge in [0.05, 0.1) is 0 Å². The quantitative estimate of drug-likeness (QED) is 0.563. The Labute approximate surface area is 193 Å². The second-order valence-electron chi connectivity index (χ2n) is 3.71. The molecule has 0 aliphatic heterocycles. The first-order valence-corrected chi connectivity index (χ1v) is 5.13. The van der Waals surface area contributed by atoms with Gasteiger partial charge in [-0.05, 0) is 35.4 Å². The average Bonchev–Trinajstić information content (AvgIpc) is 2.27. The Bertz CT molecular complexity index is 534. The molecule has 0 saturated heterocycles. The fourth-order valence-corrected chi connectivity index (χ4v) is 1.49. The molecule has 20 heavy (non-hydrogen) atoms. The van der Waals surface area contributed by atoms with Crippen molar-refractivity contribution in [3.05, 3.63) is 53.6 Å². The van der Waals surface area contributed by atoms with E-state index >= 15 is 0 Å². The van der Waals surface area contributed by atoms with Crippen LogP contribution in [-0.2, 0) is 98.1 Å². The van der Waals surface area contributed by atoms with Crippen molar-refractivity contribution in [1.82, 2.24) is 0 Å². The molecule has 3 N–H and O–H groups in total. The molecule has 0 aliphatic carbocycles. The Morgan fingerprint density at radius 3 is 1.50 bits per heavy atom. The summed E-state index contributed by atoms with van der Waals surface area (Å²) in [5.41, 5.74) is 1.63. The fourth-order valence-electron chi connectivity index (χ4n) is 1.49. The van der Waals surface area contributed by atoms with Crippen molar-refractivity contribution >= 4 is 12.2 Å². The molecule has 3 radical (unpaired) electrons. The molecule has 0 aliphatic rings. The maximum absolute atomic E-state index is 9.30. The smallest absolute Gasteiger partial charge is 0.119 e. The molecule has 6 heteroatoms. The van der Waals surface area contributed by atoms with E-state index in [0.29, 0.717) is 5.56 Å². The summed E-state index contributed by atoms with van der Waals surface area (Å²) in [7, 11) is 0. The zero-order chi connectivity index (χ0) is 12.3. The van der Waals surface area contributed by atoms with E-state index in [9.17, 15) is 10.2 Å². The van der Waals surface area contributed by atoms with E-state index in [-0.39, 0.29) is 115 Å². The summed E-state index contributed by atoms with van der Waals surface area (Å²) in [5.74, 6) is 0.267. The van der Waals surface area contributed by atoms with E-state index in [1.54, 1.807) is 42.5 Å². The predicted molar refractivity (Wildman–Crippen MR) is 66.8 cm³/mol. The maximum atomic E-state index is 9.30. The van der Waals surface area contributed by atoms with Gasteiger partial charge in [0.15, 0.2) is 0 Å². The van der Waals surface area contributed by atoms with Crippen LogP contribution in [-0.4, -0.2) is 15.3 Å². The van der Waals surface area contributed by atoms with Crippen LogP contribution in [0.2, 0.25) is 0 Å². The van der Waals surface area contributed by atoms with Gasteiger partial charge in [-0.2, -0.15) is 0 Å². The van der Waals surface area contributed by atoms with Crippen LogP contribution in [0.15, 0.2) is 42.5 Å². The van der Waals surface area contributed by atoms with Crippen molar-refractivity contribution in [2.75, 3.05) is 0 Å². The second-order valence-corrected chi connectivity index (χ2v) is 3.71. The molecular weight excluding hydrogens is 483 g/mol. The van der Waals surface area contributed by atoms with Crippen molar-refractivity contribution < 1.29 is 113 Å². The molecule has 0 atom stereocenters. The standard InChI is InChI=1S/C14H12O3.3Y/c15-12-5-3-10(4-6-12)1-2-11-7-13(16)9-14(17)8-11;;;/h1-9,15-17H;;;/b2-1+;;;. The van der Waals surface area contributed by atoms with E-state index in [2.05, 4.69) is 0 Å². The topological polar surface area (TPSA) is 60.7 Å². The zero-order valence-electron chi connectivity index (χ0n) is 10.8. The SMILES string of the molecule is Oc1ccc(/C=C/c2cc(O)cc(O)c2)cc1.[Y].[Y].[Y]. The second kappa shape index (κ2) is 11.5. The zero-order valence-corrected chi connectivity index (χ0v) is 19.3. The van der Waals surface area contributed by atoms with E-state index in [1.165, 1.54) is 6.07 Å². The number of hydrogen-bond acceptors (Lipinski definition) is 3. The van der Waals surface area contributed by atoms with Crippen LogP contribution in [0, 0.1) is 0 Å². The number of benzene rings is 2. The Morgan fingerprint density at radius 2 is 1.00 bits per heavy atom. The van der Waals surface area contributed by atoms with Crippen LogP contribution >= 0.6 is 0 Å². The molecule has 2 aromatic carbocycles. The van der Waals surface area contributed by atoms with Crippen LogP contribution in [0.1, 0.15) is 11.1 Å². The van der Waals surface area contributed by atoms with Crippen molar-refractivity contribution in [1.29, 1.82) is 0 Å². The van der Waals surface area contributed by atoms with Crippen LogP contribution in [0.25, 0.3) is 12.2 Å². The first-order valence-electron chi connectivity index (χ1n) is 5.13. The summed E-state index contributed by atoms with van der Waals surface area (Å²) >= 11 is 0. The molecule has 0 bridgehead atoms. The van der Waals surface area contributed by atoms with Crippen molar-refractivity contribution in [3.8, 4) is 17.2 Å². The minimum atomic E-state index is 0. The monoisotopic (exact) mass is 495 g/mol. The van der Waals surface area contributed by atoms with Crippen molar-refractivity contribution in [2.24, 2.45) is 0 Å². The number of phenols is 3. The van der Waals surface area contributed by atoms with E-state index in [1.807, 2.05) is 6.08 Å². The number of aromatic hydroxyl groups is 3. The molecule has 0 heterocycles. The minimum absolute atomic E-state index is 0. The third-order valence-electron chi connectivity index (χ3n) is 2.29. The summed E-state index contributed by atoms with van der Waals surface area (Å²) in [6, 6.07) is 11.1. The summed E-state index contributed by atoms with van der Waals surface area (Å²) in [6.07, 6.45) is 3.60. The fraction of sp³-hybridized carbons (Fsp3) is 0. The maximum Gasteiger partial charge on any atom is 0.119 e. The summed E-state index contributed by atoms with van der Waals surface area (Å²) in [4.78, 5) is 0. The molecule has 0 fully saturated rings. The molecule has 0 spiro atoms. The van der Waals surface area contributed by atoms with E-state index in [4.69, 9.17) is 5.11 Å². The number of rotatable bonds is 2. The van der Waals surface area contributed by atoms with Crippen LogP contribution in [0.4, 0.5) is 0 Å². The molecule has 0 unspecified atom stereocenters. The largest absolute Gasteiger partial charge is 0.508 e. The predicted octanol–water partition coefficient (Wildman–Crippen LogP) is 2.97. The third-order valence-corrected chi connectivity index (χ3v) is 2.29. The molecule has 0 amide bonds. The molecular formula is C14H12O3Y3. The van der Waals surface area contributed by atoms with Crippen LogP contribution in [0.3, 0.4) is 0 Å². The van der Waals surface area contributed by atoms with Gasteiger partial charge in [-0.15, -0.1) is 0 Å². The van der Waals surface area contributed by atoms with Crippen molar-refractivity contribution in [3.63, 3.8) is 0 Å². The molecule has 95 valence electrons. The van der Waals surface area contributed by atoms with Crippen molar-refractivity contribution in [2.45, 2.75) is 0 Å². The summed E-state index contributed by atoms with van der Waals surface area (Å²) < 4.78 is 0. The van der Waals surface area contributed by atoms with Gasteiger partial charge in [-0.1, -0.05) is 24.3 Å². The normalized spacial score (nSPS) is 9.20. The first kappa shape index (κ1) is 23.2. The number of hydrogen-bond donors (Lipinski definition) is 3. The third kappa shape index (κ3) is 7.77. The summed E-state index contributed by atoms with van der Waals surface area (Å²) in [6.45, 7) is 0. The van der Waals surface area contributed by atoms with Gasteiger partial charge in [0, 0.05) is 104 Å². The van der Waals surface area contributed by atoms with Gasteiger partial charge < -0.3 is 15.3 Å². The Balaban J connectivity index is 0. The Hall–Kier alpha value is 0.892. The van der Waals surface area contributed by atoms with E-state index in [0.717, 1.165) is 5.56 Å². The molecule has 2 rings (SSSR count). The summed E-state index contributed by atoms with van der Waals surface area (Å²) in [5, 5.41) is 27.7. The molecule has 0 saturated carbocycles. The van der Waals surface area contributed by atoms with E-state index < -0.39 is 0 Å². The Morgan fingerprint density at radius 1 is 0.550 bits per heavy atom. The minimum Gasteiger partial charge on any atom is -0.508 e. The van der Waals surface area contributed by atoms with Crippen LogP contribution < -0.4 is 0 Å². The molecule has 3 nitrogen and oxygen atoms in total. The van der Waals surface area contributed by atoms with Gasteiger partial charge in [0.1, 0.15) is 17.2 Å².